The normalized spacial score (nSPS) is 27.3. The Kier molecular flexibility index (Phi) is 3.53. The zero-order valence-corrected chi connectivity index (χ0v) is 16.1. The molecule has 142 valence electrons. The van der Waals surface area contributed by atoms with Crippen molar-refractivity contribution < 1.29 is 5.11 Å². The van der Waals surface area contributed by atoms with Gasteiger partial charge in [0.15, 0.2) is 0 Å². The lowest BCUT2D eigenvalue weighted by Gasteiger charge is -2.50. The van der Waals surface area contributed by atoms with Crippen molar-refractivity contribution in [1.29, 1.82) is 0 Å². The third-order valence-electron chi connectivity index (χ3n) is 7.13. The molecule has 0 unspecified atom stereocenters. The molecule has 0 heterocycles. The largest absolute Gasteiger partial charge is 0.380 e. The van der Waals surface area contributed by atoms with Gasteiger partial charge in [0.05, 0.1) is 0 Å². The fourth-order valence-electron chi connectivity index (χ4n) is 5.84. The molecule has 0 aromatic heterocycles. The first-order valence-corrected chi connectivity index (χ1v) is 10.3. The van der Waals surface area contributed by atoms with Crippen molar-refractivity contribution in [2.24, 2.45) is 5.73 Å². The lowest BCUT2D eigenvalue weighted by atomic mass is 9.56. The van der Waals surface area contributed by atoms with Crippen LogP contribution in [0.3, 0.4) is 0 Å². The lowest BCUT2D eigenvalue weighted by Crippen LogP contribution is -2.45. The molecule has 4 aromatic rings. The minimum absolute atomic E-state index is 0.0239. The van der Waals surface area contributed by atoms with Gasteiger partial charge in [-0.1, -0.05) is 91.0 Å². The number of aliphatic hydroxyl groups is 1. The van der Waals surface area contributed by atoms with Crippen LogP contribution in [-0.2, 0) is 5.60 Å². The smallest absolute Gasteiger partial charge is 0.122 e. The van der Waals surface area contributed by atoms with Gasteiger partial charge in [0, 0.05) is 17.9 Å². The van der Waals surface area contributed by atoms with Crippen LogP contribution >= 0.6 is 0 Å². The van der Waals surface area contributed by atoms with Crippen LogP contribution in [0.2, 0.25) is 0 Å². The molecule has 4 atom stereocenters. The summed E-state index contributed by atoms with van der Waals surface area (Å²) in [4.78, 5) is 0. The van der Waals surface area contributed by atoms with E-state index < -0.39 is 5.60 Å². The van der Waals surface area contributed by atoms with E-state index in [-0.39, 0.29) is 17.9 Å². The van der Waals surface area contributed by atoms with Crippen molar-refractivity contribution in [2.45, 2.75) is 29.9 Å². The fraction of sp³-hybridized carbons (Fsp3) is 0.185. The topological polar surface area (TPSA) is 46.2 Å². The maximum Gasteiger partial charge on any atom is 0.122 e. The van der Waals surface area contributed by atoms with E-state index in [1.165, 1.54) is 16.7 Å². The van der Waals surface area contributed by atoms with E-state index in [1.54, 1.807) is 0 Å². The van der Waals surface area contributed by atoms with Crippen molar-refractivity contribution in [2.75, 3.05) is 0 Å². The third-order valence-corrected chi connectivity index (χ3v) is 7.13. The molecular weight excluding hydrogens is 354 g/mol. The molecule has 2 bridgehead atoms. The van der Waals surface area contributed by atoms with Gasteiger partial charge in [-0.05, 0) is 45.0 Å². The Morgan fingerprint density at radius 1 is 0.690 bits per heavy atom. The molecule has 2 aliphatic rings. The zero-order chi connectivity index (χ0) is 19.6. The van der Waals surface area contributed by atoms with Crippen LogP contribution in [0.1, 0.15) is 52.1 Å². The second-order valence-corrected chi connectivity index (χ2v) is 8.43. The summed E-state index contributed by atoms with van der Waals surface area (Å²) in [5.41, 5.74) is 11.2. The predicted molar refractivity (Wildman–Crippen MR) is 117 cm³/mol. The molecule has 0 amide bonds. The van der Waals surface area contributed by atoms with Gasteiger partial charge in [0.25, 0.3) is 0 Å². The molecule has 3 N–H and O–H groups in total. The maximum atomic E-state index is 12.6. The van der Waals surface area contributed by atoms with E-state index in [2.05, 4.69) is 84.9 Å². The Bertz CT molecular complexity index is 1240. The summed E-state index contributed by atoms with van der Waals surface area (Å²) in [5.74, 6) is 0.200. The number of hydrogen-bond donors (Lipinski definition) is 2. The first kappa shape index (κ1) is 17.0. The SMILES string of the molecule is N[C@@H]1c2ccccc2[C@H]2C[C@@H]1c1ccccc1[C@]2(O)c1cccc2ccccc12. The summed E-state index contributed by atoms with van der Waals surface area (Å²) in [6, 6.07) is 31.3. The highest BCUT2D eigenvalue weighted by atomic mass is 16.3. The minimum atomic E-state index is -1.09. The van der Waals surface area contributed by atoms with E-state index in [9.17, 15) is 5.11 Å². The van der Waals surface area contributed by atoms with Crippen molar-refractivity contribution in [3.63, 3.8) is 0 Å². The third kappa shape index (κ3) is 2.19. The molecule has 0 spiro atoms. The Labute approximate surface area is 170 Å². The maximum absolute atomic E-state index is 12.6. The summed E-state index contributed by atoms with van der Waals surface area (Å²) in [7, 11) is 0. The molecule has 2 heteroatoms. The van der Waals surface area contributed by atoms with Crippen LogP contribution in [0.4, 0.5) is 0 Å². The molecule has 0 aliphatic heterocycles. The van der Waals surface area contributed by atoms with Crippen molar-refractivity contribution in [1.82, 2.24) is 0 Å². The van der Waals surface area contributed by atoms with E-state index in [0.717, 1.165) is 28.3 Å². The molecule has 0 radical (unpaired) electrons. The van der Waals surface area contributed by atoms with Gasteiger partial charge in [-0.2, -0.15) is 0 Å². The summed E-state index contributed by atoms with van der Waals surface area (Å²) in [6.07, 6.45) is 0.856. The van der Waals surface area contributed by atoms with Crippen LogP contribution in [0.5, 0.6) is 0 Å². The number of hydrogen-bond acceptors (Lipinski definition) is 2. The van der Waals surface area contributed by atoms with Crippen LogP contribution in [-0.4, -0.2) is 5.11 Å². The summed E-state index contributed by atoms with van der Waals surface area (Å²) < 4.78 is 0. The van der Waals surface area contributed by atoms with Gasteiger partial charge in [-0.25, -0.2) is 0 Å². The molecule has 2 nitrogen and oxygen atoms in total. The Morgan fingerprint density at radius 2 is 1.31 bits per heavy atom. The Balaban J connectivity index is 1.72. The first-order valence-electron chi connectivity index (χ1n) is 10.3. The highest BCUT2D eigenvalue weighted by Crippen LogP contribution is 2.60. The number of nitrogens with two attached hydrogens (primary N) is 1. The van der Waals surface area contributed by atoms with Gasteiger partial charge in [-0.3, -0.25) is 0 Å². The highest BCUT2D eigenvalue weighted by molar-refractivity contribution is 5.87. The van der Waals surface area contributed by atoms with Crippen LogP contribution in [0.25, 0.3) is 10.8 Å². The quantitative estimate of drug-likeness (QED) is 0.469. The van der Waals surface area contributed by atoms with E-state index in [1.807, 2.05) is 6.07 Å². The molecule has 29 heavy (non-hydrogen) atoms. The molecule has 4 aromatic carbocycles. The number of benzene rings is 4. The van der Waals surface area contributed by atoms with Gasteiger partial charge in [0.2, 0.25) is 0 Å². The monoisotopic (exact) mass is 377 g/mol. The van der Waals surface area contributed by atoms with E-state index in [4.69, 9.17) is 5.73 Å². The Hall–Kier alpha value is -2.94. The first-order chi connectivity index (χ1) is 14.2. The number of fused-ring (bicyclic) bond motifs is 7. The molecule has 0 fully saturated rings. The Morgan fingerprint density at radius 3 is 2.17 bits per heavy atom. The highest BCUT2D eigenvalue weighted by Gasteiger charge is 2.52. The van der Waals surface area contributed by atoms with Gasteiger partial charge < -0.3 is 10.8 Å². The number of rotatable bonds is 1. The van der Waals surface area contributed by atoms with E-state index >= 15 is 0 Å². The molecule has 2 aliphatic carbocycles. The van der Waals surface area contributed by atoms with Gasteiger partial charge in [0.1, 0.15) is 5.60 Å². The second kappa shape index (κ2) is 6.03. The lowest BCUT2D eigenvalue weighted by molar-refractivity contribution is 0.0285. The summed E-state index contributed by atoms with van der Waals surface area (Å²) in [5, 5.41) is 14.9. The molecular formula is C27H23NO. The zero-order valence-electron chi connectivity index (χ0n) is 16.1. The van der Waals surface area contributed by atoms with Crippen molar-refractivity contribution >= 4 is 10.8 Å². The fourth-order valence-corrected chi connectivity index (χ4v) is 5.84. The second-order valence-electron chi connectivity index (χ2n) is 8.43. The molecule has 6 rings (SSSR count). The standard InChI is InChI=1S/C27H23NO/c28-26-21-13-4-3-11-19(21)25-16-22(26)20-12-5-6-14-24(20)27(25,29)23-15-7-9-17-8-1-2-10-18(17)23/h1-15,22,25-26,29H,16,28H2/t22-,25-,26-,27-/m1/s1. The summed E-state index contributed by atoms with van der Waals surface area (Å²) >= 11 is 0. The van der Waals surface area contributed by atoms with Crippen LogP contribution in [0, 0.1) is 0 Å². The average molecular weight is 377 g/mol. The van der Waals surface area contributed by atoms with Crippen LogP contribution < -0.4 is 5.73 Å². The van der Waals surface area contributed by atoms with E-state index in [0.29, 0.717) is 0 Å². The molecule has 0 saturated carbocycles. The average Bonchev–Trinajstić information content (AvgIpc) is 2.78. The summed E-state index contributed by atoms with van der Waals surface area (Å²) in [6.45, 7) is 0. The van der Waals surface area contributed by atoms with Crippen molar-refractivity contribution in [3.8, 4) is 0 Å². The molecule has 0 saturated heterocycles. The predicted octanol–water partition coefficient (Wildman–Crippen LogP) is 5.36. The van der Waals surface area contributed by atoms with Gasteiger partial charge in [-0.15, -0.1) is 0 Å². The minimum Gasteiger partial charge on any atom is -0.380 e. The van der Waals surface area contributed by atoms with Crippen LogP contribution in [0.15, 0.2) is 91.0 Å². The van der Waals surface area contributed by atoms with Gasteiger partial charge >= 0.3 is 0 Å². The van der Waals surface area contributed by atoms with Crippen molar-refractivity contribution in [3.05, 3.63) is 119 Å².